The number of aromatic nitrogens is 1. The fraction of sp³-hybridized carbons (Fsp3) is 0.333. The zero-order valence-corrected chi connectivity index (χ0v) is 12.8. The van der Waals surface area contributed by atoms with Gasteiger partial charge in [-0.05, 0) is 24.5 Å². The van der Waals surface area contributed by atoms with Gasteiger partial charge in [-0.2, -0.15) is 0 Å². The Bertz CT molecular complexity index is 907. The summed E-state index contributed by atoms with van der Waals surface area (Å²) in [6, 6.07) is 4.51. The SMILES string of the molecule is Cc1oc2c(c3c4ccc(F)cc4nc1-3)C(=O)CC(C)(C)C2. The molecule has 0 aromatic heterocycles. The maximum atomic E-state index is 13.5. The van der Waals surface area contributed by atoms with E-state index in [0.29, 0.717) is 29.0 Å². The maximum absolute atomic E-state index is 13.5. The van der Waals surface area contributed by atoms with Gasteiger partial charge in [0.1, 0.15) is 23.0 Å². The number of carbonyl (C=O) groups is 1. The minimum Gasteiger partial charge on any atom is -0.463 e. The van der Waals surface area contributed by atoms with E-state index >= 15 is 0 Å². The van der Waals surface area contributed by atoms with E-state index in [9.17, 15) is 9.18 Å². The number of aryl methyl sites for hydroxylation is 1. The quantitative estimate of drug-likeness (QED) is 0.612. The summed E-state index contributed by atoms with van der Waals surface area (Å²) >= 11 is 0. The van der Waals surface area contributed by atoms with Crippen LogP contribution in [0.25, 0.3) is 22.2 Å². The minimum atomic E-state index is -0.328. The average molecular weight is 297 g/mol. The fourth-order valence-electron chi connectivity index (χ4n) is 3.48. The van der Waals surface area contributed by atoms with Crippen molar-refractivity contribution in [3.8, 4) is 11.3 Å². The topological polar surface area (TPSA) is 43.1 Å². The van der Waals surface area contributed by atoms with E-state index in [1.54, 1.807) is 6.07 Å². The Kier molecular flexibility index (Phi) is 2.54. The molecular weight excluding hydrogens is 281 g/mol. The van der Waals surface area contributed by atoms with Gasteiger partial charge in [0.15, 0.2) is 5.78 Å². The molecular formula is C18H16FNO2. The third kappa shape index (κ3) is 1.79. The number of ketones is 1. The molecule has 0 unspecified atom stereocenters. The molecule has 0 saturated carbocycles. The van der Waals surface area contributed by atoms with Gasteiger partial charge >= 0.3 is 0 Å². The molecule has 0 bridgehead atoms. The van der Waals surface area contributed by atoms with Gasteiger partial charge in [0.05, 0.1) is 11.1 Å². The van der Waals surface area contributed by atoms with Gasteiger partial charge in [0.25, 0.3) is 0 Å². The van der Waals surface area contributed by atoms with Crippen molar-refractivity contribution in [1.82, 2.24) is 4.98 Å². The molecule has 3 aliphatic rings. The Morgan fingerprint density at radius 2 is 2.00 bits per heavy atom. The summed E-state index contributed by atoms with van der Waals surface area (Å²) in [6.45, 7) is 5.98. The first kappa shape index (κ1) is 13.4. The molecule has 0 fully saturated rings. The summed E-state index contributed by atoms with van der Waals surface area (Å²) in [6.07, 6.45) is 1.21. The van der Waals surface area contributed by atoms with Crippen molar-refractivity contribution in [2.75, 3.05) is 0 Å². The third-order valence-corrected chi connectivity index (χ3v) is 4.39. The van der Waals surface area contributed by atoms with Crippen LogP contribution in [0.15, 0.2) is 22.6 Å². The second-order valence-corrected chi connectivity index (χ2v) is 6.89. The summed E-state index contributed by atoms with van der Waals surface area (Å²) in [4.78, 5) is 17.1. The highest BCUT2D eigenvalue weighted by atomic mass is 19.1. The summed E-state index contributed by atoms with van der Waals surface area (Å²) in [5.41, 5.74) is 2.57. The van der Waals surface area contributed by atoms with Crippen LogP contribution in [-0.2, 0) is 6.42 Å². The molecule has 2 heterocycles. The van der Waals surface area contributed by atoms with Gasteiger partial charge in [-0.3, -0.25) is 4.79 Å². The number of hydrogen-bond acceptors (Lipinski definition) is 3. The Balaban J connectivity index is 2.13. The molecule has 0 spiro atoms. The second-order valence-electron chi connectivity index (χ2n) is 6.89. The molecule has 3 nitrogen and oxygen atoms in total. The predicted octanol–water partition coefficient (Wildman–Crippen LogP) is 4.54. The van der Waals surface area contributed by atoms with Crippen LogP contribution in [0.3, 0.4) is 0 Å². The zero-order chi connectivity index (χ0) is 15.6. The third-order valence-electron chi connectivity index (χ3n) is 4.39. The number of hydrogen-bond donors (Lipinski definition) is 0. The number of nitrogens with zero attached hydrogens (tertiary/aromatic N) is 1. The van der Waals surface area contributed by atoms with Gasteiger partial charge in [-0.25, -0.2) is 9.37 Å². The molecule has 1 aliphatic carbocycles. The molecule has 1 aromatic carbocycles. The number of rotatable bonds is 0. The van der Waals surface area contributed by atoms with E-state index in [1.807, 2.05) is 6.92 Å². The van der Waals surface area contributed by atoms with Crippen molar-refractivity contribution in [1.29, 1.82) is 0 Å². The van der Waals surface area contributed by atoms with E-state index in [0.717, 1.165) is 23.1 Å². The van der Waals surface area contributed by atoms with E-state index in [2.05, 4.69) is 18.8 Å². The molecule has 0 atom stereocenters. The lowest BCUT2D eigenvalue weighted by Crippen LogP contribution is -2.27. The Morgan fingerprint density at radius 3 is 2.77 bits per heavy atom. The molecule has 0 radical (unpaired) electrons. The number of benzene rings is 1. The number of Topliss-reactive ketones (excluding diaryl/α,β-unsaturated/α-hetero) is 1. The van der Waals surface area contributed by atoms with Crippen LogP contribution < -0.4 is 0 Å². The van der Waals surface area contributed by atoms with Crippen molar-refractivity contribution in [2.24, 2.45) is 5.41 Å². The molecule has 1 aromatic rings. The molecule has 112 valence electrons. The molecule has 0 N–H and O–H groups in total. The van der Waals surface area contributed by atoms with Gasteiger partial charge < -0.3 is 4.42 Å². The Morgan fingerprint density at radius 1 is 1.23 bits per heavy atom. The molecule has 22 heavy (non-hydrogen) atoms. The van der Waals surface area contributed by atoms with Gasteiger partial charge in [0, 0.05) is 29.9 Å². The zero-order valence-electron chi connectivity index (χ0n) is 12.8. The summed E-state index contributed by atoms with van der Waals surface area (Å²) in [5.74, 6) is 1.16. The van der Waals surface area contributed by atoms with Gasteiger partial charge in [-0.1, -0.05) is 13.8 Å². The van der Waals surface area contributed by atoms with E-state index in [1.165, 1.54) is 12.1 Å². The van der Waals surface area contributed by atoms with Crippen LogP contribution in [0.4, 0.5) is 4.39 Å². The number of carbonyl (C=O) groups excluding carboxylic acids is 1. The van der Waals surface area contributed by atoms with Crippen molar-refractivity contribution in [3.63, 3.8) is 0 Å². The van der Waals surface area contributed by atoms with Gasteiger partial charge in [-0.15, -0.1) is 0 Å². The fourth-order valence-corrected chi connectivity index (χ4v) is 3.48. The first-order valence-corrected chi connectivity index (χ1v) is 7.40. The van der Waals surface area contributed by atoms with Crippen LogP contribution >= 0.6 is 0 Å². The standard InChI is InChI=1S/C18H16FNO2/c1-9-17-15(11-5-4-10(19)6-12(11)20-17)16-13(21)7-18(2,3)8-14(16)22-9/h4-6H,7-8H2,1-3H3. The first-order valence-electron chi connectivity index (χ1n) is 7.40. The Hall–Kier alpha value is -2.23. The normalized spacial score (nSPS) is 17.2. The lowest BCUT2D eigenvalue weighted by Gasteiger charge is -2.30. The summed E-state index contributed by atoms with van der Waals surface area (Å²) in [7, 11) is 0. The average Bonchev–Trinajstić information content (AvgIpc) is 2.75. The number of halogens is 1. The van der Waals surface area contributed by atoms with E-state index < -0.39 is 0 Å². The largest absolute Gasteiger partial charge is 0.463 e. The smallest absolute Gasteiger partial charge is 0.167 e. The molecule has 0 saturated heterocycles. The van der Waals surface area contributed by atoms with Crippen molar-refractivity contribution >= 4 is 16.7 Å². The lowest BCUT2D eigenvalue weighted by atomic mass is 9.74. The van der Waals surface area contributed by atoms with Crippen molar-refractivity contribution < 1.29 is 13.6 Å². The van der Waals surface area contributed by atoms with Crippen molar-refractivity contribution in [2.45, 2.75) is 33.6 Å². The molecule has 4 rings (SSSR count). The molecule has 0 amide bonds. The summed E-state index contributed by atoms with van der Waals surface area (Å²) in [5, 5.41) is 0.819. The highest BCUT2D eigenvalue weighted by molar-refractivity contribution is 6.11. The highest BCUT2D eigenvalue weighted by Gasteiger charge is 2.37. The van der Waals surface area contributed by atoms with Crippen LogP contribution in [0.1, 0.15) is 42.1 Å². The first-order chi connectivity index (χ1) is 10.4. The summed E-state index contributed by atoms with van der Waals surface area (Å²) < 4.78 is 19.4. The molecule has 4 heteroatoms. The maximum Gasteiger partial charge on any atom is 0.167 e. The Labute approximate surface area is 127 Å². The van der Waals surface area contributed by atoms with E-state index in [4.69, 9.17) is 4.42 Å². The second kappa shape index (κ2) is 4.15. The van der Waals surface area contributed by atoms with Crippen LogP contribution in [0, 0.1) is 18.2 Å². The van der Waals surface area contributed by atoms with Gasteiger partial charge in [0.2, 0.25) is 0 Å². The van der Waals surface area contributed by atoms with Crippen LogP contribution in [-0.4, -0.2) is 10.8 Å². The van der Waals surface area contributed by atoms with E-state index in [-0.39, 0.29) is 17.0 Å². The molecule has 2 aliphatic heterocycles. The number of fused-ring (bicyclic) bond motifs is 5. The monoisotopic (exact) mass is 297 g/mol. The van der Waals surface area contributed by atoms with Crippen LogP contribution in [0.5, 0.6) is 0 Å². The predicted molar refractivity (Wildman–Crippen MR) is 81.8 cm³/mol. The lowest BCUT2D eigenvalue weighted by molar-refractivity contribution is 0.0899. The van der Waals surface area contributed by atoms with Crippen molar-refractivity contribution in [3.05, 3.63) is 41.1 Å². The highest BCUT2D eigenvalue weighted by Crippen LogP contribution is 2.44. The van der Waals surface area contributed by atoms with Crippen LogP contribution in [0.2, 0.25) is 0 Å². The minimum absolute atomic E-state index is 0.0821.